The third-order valence-corrected chi connectivity index (χ3v) is 3.56. The molecule has 0 bridgehead atoms. The predicted molar refractivity (Wildman–Crippen MR) is 73.0 cm³/mol. The van der Waals surface area contributed by atoms with E-state index in [2.05, 4.69) is 10.6 Å². The van der Waals surface area contributed by atoms with E-state index in [0.717, 1.165) is 12.8 Å². The van der Waals surface area contributed by atoms with Gasteiger partial charge in [0.05, 0.1) is 0 Å². The second-order valence-corrected chi connectivity index (χ2v) is 5.25. The van der Waals surface area contributed by atoms with Crippen molar-refractivity contribution >= 4 is 17.9 Å². The molecule has 1 aliphatic carbocycles. The highest BCUT2D eigenvalue weighted by Gasteiger charge is 2.21. The van der Waals surface area contributed by atoms with E-state index in [9.17, 15) is 14.4 Å². The Balaban J connectivity index is 2.29. The van der Waals surface area contributed by atoms with Gasteiger partial charge < -0.3 is 21.5 Å². The Labute approximate surface area is 118 Å². The van der Waals surface area contributed by atoms with Crippen LogP contribution in [0.25, 0.3) is 0 Å². The number of carbonyl (C=O) groups excluding carboxylic acids is 2. The smallest absolute Gasteiger partial charge is 0.326 e. The van der Waals surface area contributed by atoms with Gasteiger partial charge in [0.25, 0.3) is 0 Å². The van der Waals surface area contributed by atoms with Crippen LogP contribution in [0.4, 0.5) is 4.79 Å². The van der Waals surface area contributed by atoms with Gasteiger partial charge in [-0.3, -0.25) is 4.79 Å². The second kappa shape index (κ2) is 8.39. The minimum atomic E-state index is -1.17. The number of carboxylic acid groups (broad SMARTS) is 1. The number of nitrogens with two attached hydrogens (primary N) is 1. The fourth-order valence-electron chi connectivity index (χ4n) is 2.38. The van der Waals surface area contributed by atoms with Gasteiger partial charge in [-0.25, -0.2) is 9.59 Å². The Hall–Kier alpha value is -1.79. The Kier molecular flexibility index (Phi) is 6.83. The molecule has 0 aromatic heterocycles. The maximum absolute atomic E-state index is 11.6. The van der Waals surface area contributed by atoms with Gasteiger partial charge >= 0.3 is 12.0 Å². The number of primary amides is 1. The second-order valence-electron chi connectivity index (χ2n) is 5.25. The van der Waals surface area contributed by atoms with E-state index in [-0.39, 0.29) is 12.8 Å². The summed E-state index contributed by atoms with van der Waals surface area (Å²) in [5.74, 6) is -1.27. The van der Waals surface area contributed by atoms with Crippen LogP contribution in [0.3, 0.4) is 0 Å². The summed E-state index contributed by atoms with van der Waals surface area (Å²) in [7, 11) is 0. The topological polar surface area (TPSA) is 122 Å². The van der Waals surface area contributed by atoms with Gasteiger partial charge in [-0.05, 0) is 25.2 Å². The van der Waals surface area contributed by atoms with E-state index < -0.39 is 23.9 Å². The van der Waals surface area contributed by atoms with E-state index in [0.29, 0.717) is 12.5 Å². The maximum Gasteiger partial charge on any atom is 0.326 e. The molecule has 1 rings (SSSR count). The van der Waals surface area contributed by atoms with Crippen LogP contribution >= 0.6 is 0 Å². The molecule has 0 spiro atoms. The van der Waals surface area contributed by atoms with Crippen LogP contribution in [0.5, 0.6) is 0 Å². The summed E-state index contributed by atoms with van der Waals surface area (Å²) in [4.78, 5) is 33.2. The van der Waals surface area contributed by atoms with Crippen LogP contribution in [-0.2, 0) is 9.59 Å². The van der Waals surface area contributed by atoms with E-state index in [1.165, 1.54) is 19.3 Å². The SMILES string of the molecule is NC(=O)CC[C@H](NC(=O)NCC1CCCCC1)C(=O)O. The Bertz CT molecular complexity index is 354. The first-order valence-corrected chi connectivity index (χ1v) is 7.04. The number of nitrogens with one attached hydrogen (secondary N) is 2. The molecule has 0 aromatic rings. The highest BCUT2D eigenvalue weighted by molar-refractivity contribution is 5.83. The number of urea groups is 1. The molecule has 7 nitrogen and oxygen atoms in total. The third-order valence-electron chi connectivity index (χ3n) is 3.56. The number of aliphatic carboxylic acids is 1. The van der Waals surface area contributed by atoms with Crippen molar-refractivity contribution in [1.82, 2.24) is 10.6 Å². The average molecular weight is 285 g/mol. The number of rotatable bonds is 7. The summed E-state index contributed by atoms with van der Waals surface area (Å²) < 4.78 is 0. The molecule has 0 aliphatic heterocycles. The molecule has 1 saturated carbocycles. The van der Waals surface area contributed by atoms with E-state index in [1.54, 1.807) is 0 Å². The van der Waals surface area contributed by atoms with E-state index in [4.69, 9.17) is 10.8 Å². The molecule has 1 aliphatic rings. The summed E-state index contributed by atoms with van der Waals surface area (Å²) in [5.41, 5.74) is 4.97. The summed E-state index contributed by atoms with van der Waals surface area (Å²) in [6, 6.07) is -1.60. The molecule has 1 atom stereocenters. The van der Waals surface area contributed by atoms with Crippen LogP contribution in [0.2, 0.25) is 0 Å². The van der Waals surface area contributed by atoms with Crippen LogP contribution in [0.1, 0.15) is 44.9 Å². The molecule has 1 fully saturated rings. The van der Waals surface area contributed by atoms with E-state index in [1.807, 2.05) is 0 Å². The number of hydrogen-bond acceptors (Lipinski definition) is 3. The fourth-order valence-corrected chi connectivity index (χ4v) is 2.38. The zero-order valence-corrected chi connectivity index (χ0v) is 11.6. The van der Waals surface area contributed by atoms with Crippen molar-refractivity contribution in [2.24, 2.45) is 11.7 Å². The Morgan fingerprint density at radius 3 is 2.40 bits per heavy atom. The summed E-state index contributed by atoms with van der Waals surface area (Å²) in [5, 5.41) is 14.0. The normalized spacial score (nSPS) is 17.2. The van der Waals surface area contributed by atoms with Gasteiger partial charge in [-0.1, -0.05) is 19.3 Å². The molecule has 0 heterocycles. The Morgan fingerprint density at radius 2 is 1.85 bits per heavy atom. The lowest BCUT2D eigenvalue weighted by atomic mass is 9.89. The van der Waals surface area contributed by atoms with Crippen molar-refractivity contribution in [3.05, 3.63) is 0 Å². The largest absolute Gasteiger partial charge is 0.480 e. The number of carboxylic acids is 1. The molecule has 20 heavy (non-hydrogen) atoms. The van der Waals surface area contributed by atoms with Crippen LogP contribution < -0.4 is 16.4 Å². The summed E-state index contributed by atoms with van der Waals surface area (Å²) >= 11 is 0. The van der Waals surface area contributed by atoms with Crippen LogP contribution in [0.15, 0.2) is 0 Å². The third kappa shape index (κ3) is 6.40. The molecule has 0 saturated heterocycles. The van der Waals surface area contributed by atoms with Crippen LogP contribution in [0, 0.1) is 5.92 Å². The highest BCUT2D eigenvalue weighted by atomic mass is 16.4. The highest BCUT2D eigenvalue weighted by Crippen LogP contribution is 2.22. The molecule has 5 N–H and O–H groups in total. The molecule has 0 aromatic carbocycles. The number of amides is 3. The summed E-state index contributed by atoms with van der Waals surface area (Å²) in [6.45, 7) is 0.563. The van der Waals surface area contributed by atoms with Crippen molar-refractivity contribution in [2.45, 2.75) is 51.0 Å². The lowest BCUT2D eigenvalue weighted by Crippen LogP contribution is -2.47. The van der Waals surface area contributed by atoms with Crippen molar-refractivity contribution in [3.63, 3.8) is 0 Å². The zero-order valence-electron chi connectivity index (χ0n) is 11.6. The van der Waals surface area contributed by atoms with Crippen LogP contribution in [-0.4, -0.2) is 35.6 Å². The molecular weight excluding hydrogens is 262 g/mol. The molecule has 114 valence electrons. The molecule has 0 radical (unpaired) electrons. The van der Waals surface area contributed by atoms with Crippen molar-refractivity contribution in [3.8, 4) is 0 Å². The molecule has 7 heteroatoms. The number of hydrogen-bond donors (Lipinski definition) is 4. The Morgan fingerprint density at radius 1 is 1.20 bits per heavy atom. The van der Waals surface area contributed by atoms with Crippen molar-refractivity contribution in [2.75, 3.05) is 6.54 Å². The monoisotopic (exact) mass is 285 g/mol. The predicted octanol–water partition coefficient (Wildman–Crippen LogP) is 0.585. The molecule has 3 amide bonds. The average Bonchev–Trinajstić information content (AvgIpc) is 2.41. The van der Waals surface area contributed by atoms with Gasteiger partial charge in [-0.2, -0.15) is 0 Å². The maximum atomic E-state index is 11.6. The fraction of sp³-hybridized carbons (Fsp3) is 0.769. The van der Waals surface area contributed by atoms with Gasteiger partial charge in [0, 0.05) is 13.0 Å². The lowest BCUT2D eigenvalue weighted by Gasteiger charge is -2.22. The molecule has 0 unspecified atom stereocenters. The number of carbonyl (C=O) groups is 3. The summed E-state index contributed by atoms with van der Waals surface area (Å²) in [6.07, 6.45) is 5.75. The van der Waals surface area contributed by atoms with Gasteiger partial charge in [0.1, 0.15) is 6.04 Å². The van der Waals surface area contributed by atoms with Gasteiger partial charge in [-0.15, -0.1) is 0 Å². The first-order chi connectivity index (χ1) is 9.49. The molecular formula is C13H23N3O4. The van der Waals surface area contributed by atoms with Gasteiger partial charge in [0.2, 0.25) is 5.91 Å². The van der Waals surface area contributed by atoms with Gasteiger partial charge in [0.15, 0.2) is 0 Å². The standard InChI is InChI=1S/C13H23N3O4/c14-11(17)7-6-10(12(18)19)16-13(20)15-8-9-4-2-1-3-5-9/h9-10H,1-8H2,(H2,14,17)(H,18,19)(H2,15,16,20)/t10-/m0/s1. The minimum Gasteiger partial charge on any atom is -0.480 e. The first kappa shape index (κ1) is 16.3. The quantitative estimate of drug-likeness (QED) is 0.546. The lowest BCUT2D eigenvalue weighted by molar-refractivity contribution is -0.139. The van der Waals surface area contributed by atoms with E-state index >= 15 is 0 Å². The van der Waals surface area contributed by atoms with Crippen molar-refractivity contribution < 1.29 is 19.5 Å². The minimum absolute atomic E-state index is 0.00150. The first-order valence-electron chi connectivity index (χ1n) is 7.04. The zero-order chi connectivity index (χ0) is 15.0. The van der Waals surface area contributed by atoms with Crippen molar-refractivity contribution in [1.29, 1.82) is 0 Å².